The fourth-order valence-corrected chi connectivity index (χ4v) is 1.59. The van der Waals surface area contributed by atoms with Crippen LogP contribution in [0.5, 0.6) is 0 Å². The standard InChI is InChI=1S/C14H30O4.H2O4S/c1-2-3-4-5-6-7-9-16-11-13-18-14-12-17-10-8-15;1-5(2,3)4/h15H,2-14H2,1H3;(H2,1,2,3,4). The van der Waals surface area contributed by atoms with Gasteiger partial charge in [0.05, 0.1) is 39.6 Å². The minimum atomic E-state index is -4.67. The Bertz CT molecular complexity index is 284. The molecule has 0 fully saturated rings. The number of hydrogen-bond donors (Lipinski definition) is 3. The predicted molar refractivity (Wildman–Crippen MR) is 87.1 cm³/mol. The van der Waals surface area contributed by atoms with Crippen LogP contribution in [0.3, 0.4) is 0 Å². The van der Waals surface area contributed by atoms with Crippen molar-refractivity contribution in [3.05, 3.63) is 0 Å². The van der Waals surface area contributed by atoms with E-state index in [1.807, 2.05) is 0 Å². The lowest BCUT2D eigenvalue weighted by Gasteiger charge is -2.06. The number of unbranched alkanes of at least 4 members (excludes halogenated alkanes) is 5. The molecular formula is C14H32O8S. The molecule has 0 saturated heterocycles. The lowest BCUT2D eigenvalue weighted by atomic mass is 10.1. The molecule has 9 heteroatoms. The third-order valence-electron chi connectivity index (χ3n) is 2.62. The van der Waals surface area contributed by atoms with Crippen molar-refractivity contribution >= 4 is 10.4 Å². The van der Waals surface area contributed by atoms with E-state index in [0.29, 0.717) is 33.0 Å². The van der Waals surface area contributed by atoms with Gasteiger partial charge >= 0.3 is 10.4 Å². The molecule has 0 bridgehead atoms. The van der Waals surface area contributed by atoms with Gasteiger partial charge < -0.3 is 19.3 Å². The van der Waals surface area contributed by atoms with Crippen LogP contribution in [-0.4, -0.2) is 68.9 Å². The van der Waals surface area contributed by atoms with E-state index in [0.717, 1.165) is 13.0 Å². The molecule has 0 rings (SSSR count). The first-order chi connectivity index (χ1) is 10.9. The van der Waals surface area contributed by atoms with Crippen LogP contribution in [0, 0.1) is 0 Å². The summed E-state index contributed by atoms with van der Waals surface area (Å²) in [4.78, 5) is 0. The molecule has 3 N–H and O–H groups in total. The third-order valence-corrected chi connectivity index (χ3v) is 2.62. The van der Waals surface area contributed by atoms with Crippen molar-refractivity contribution in [2.45, 2.75) is 45.4 Å². The maximum Gasteiger partial charge on any atom is 0.394 e. The highest BCUT2D eigenvalue weighted by molar-refractivity contribution is 7.79. The summed E-state index contributed by atoms with van der Waals surface area (Å²) in [7, 11) is -4.67. The Balaban J connectivity index is 0. The van der Waals surface area contributed by atoms with Gasteiger partial charge in [0.1, 0.15) is 0 Å². The molecular weight excluding hydrogens is 328 g/mol. The normalized spacial score (nSPS) is 11.1. The second-order valence-electron chi connectivity index (χ2n) is 4.78. The molecule has 0 aliphatic carbocycles. The average Bonchev–Trinajstić information content (AvgIpc) is 2.46. The van der Waals surface area contributed by atoms with Gasteiger partial charge in [0.25, 0.3) is 0 Å². The van der Waals surface area contributed by atoms with Crippen LogP contribution in [0.4, 0.5) is 0 Å². The Morgan fingerprint density at radius 3 is 1.57 bits per heavy atom. The number of aliphatic hydroxyl groups excluding tert-OH is 1. The van der Waals surface area contributed by atoms with Crippen molar-refractivity contribution in [2.75, 3.05) is 46.2 Å². The predicted octanol–water partition coefficient (Wildman–Crippen LogP) is 1.74. The van der Waals surface area contributed by atoms with E-state index in [2.05, 4.69) is 6.92 Å². The zero-order valence-electron chi connectivity index (χ0n) is 14.0. The fourth-order valence-electron chi connectivity index (χ4n) is 1.59. The van der Waals surface area contributed by atoms with Crippen molar-refractivity contribution in [3.8, 4) is 0 Å². The van der Waals surface area contributed by atoms with Crippen LogP contribution in [0.1, 0.15) is 45.4 Å². The van der Waals surface area contributed by atoms with Gasteiger partial charge in [0.2, 0.25) is 0 Å². The van der Waals surface area contributed by atoms with Crippen LogP contribution in [0.2, 0.25) is 0 Å². The van der Waals surface area contributed by atoms with E-state index >= 15 is 0 Å². The monoisotopic (exact) mass is 360 g/mol. The summed E-state index contributed by atoms with van der Waals surface area (Å²) in [6.45, 7) is 5.93. The molecule has 0 aromatic heterocycles. The van der Waals surface area contributed by atoms with Crippen LogP contribution in [0.25, 0.3) is 0 Å². The fraction of sp³-hybridized carbons (Fsp3) is 1.00. The molecule has 0 aliphatic heterocycles. The zero-order chi connectivity index (χ0) is 17.8. The second-order valence-corrected chi connectivity index (χ2v) is 5.67. The van der Waals surface area contributed by atoms with E-state index in [1.165, 1.54) is 32.1 Å². The average molecular weight is 360 g/mol. The Morgan fingerprint density at radius 1 is 0.696 bits per heavy atom. The molecule has 0 heterocycles. The van der Waals surface area contributed by atoms with Gasteiger partial charge in [-0.05, 0) is 6.42 Å². The SMILES string of the molecule is CCCCCCCCOCCOCCOCCO.O=S(=O)(O)O. The van der Waals surface area contributed by atoms with Crippen LogP contribution in [0.15, 0.2) is 0 Å². The number of hydrogen-bond acceptors (Lipinski definition) is 6. The lowest BCUT2D eigenvalue weighted by Crippen LogP contribution is -2.11. The molecule has 23 heavy (non-hydrogen) atoms. The summed E-state index contributed by atoms with van der Waals surface area (Å²) in [5, 5.41) is 8.47. The summed E-state index contributed by atoms with van der Waals surface area (Å²) in [5.74, 6) is 0. The second kappa shape index (κ2) is 19.8. The smallest absolute Gasteiger partial charge is 0.394 e. The molecule has 142 valence electrons. The van der Waals surface area contributed by atoms with Gasteiger partial charge in [-0.3, -0.25) is 9.11 Å². The molecule has 0 aromatic carbocycles. The number of ether oxygens (including phenoxy) is 3. The van der Waals surface area contributed by atoms with E-state index in [9.17, 15) is 0 Å². The highest BCUT2D eigenvalue weighted by Gasteiger charge is 1.92. The van der Waals surface area contributed by atoms with Crippen molar-refractivity contribution in [3.63, 3.8) is 0 Å². The quantitative estimate of drug-likeness (QED) is 0.298. The molecule has 0 unspecified atom stereocenters. The molecule has 0 aromatic rings. The van der Waals surface area contributed by atoms with Crippen LogP contribution >= 0.6 is 0 Å². The van der Waals surface area contributed by atoms with Gasteiger partial charge in [-0.25, -0.2) is 0 Å². The van der Waals surface area contributed by atoms with Gasteiger partial charge in [0.15, 0.2) is 0 Å². The van der Waals surface area contributed by atoms with E-state index in [-0.39, 0.29) is 6.61 Å². The van der Waals surface area contributed by atoms with E-state index < -0.39 is 10.4 Å². The molecule has 0 amide bonds. The van der Waals surface area contributed by atoms with Crippen LogP contribution in [-0.2, 0) is 24.6 Å². The largest absolute Gasteiger partial charge is 0.394 e. The first kappa shape index (κ1) is 25.0. The third kappa shape index (κ3) is 39.0. The number of aliphatic hydroxyl groups is 1. The van der Waals surface area contributed by atoms with Crippen molar-refractivity contribution < 1.29 is 36.8 Å². The first-order valence-corrected chi connectivity index (χ1v) is 9.35. The summed E-state index contributed by atoms with van der Waals surface area (Å²) in [6.07, 6.45) is 7.77. The Morgan fingerprint density at radius 2 is 1.09 bits per heavy atom. The van der Waals surface area contributed by atoms with Crippen molar-refractivity contribution in [1.29, 1.82) is 0 Å². The van der Waals surface area contributed by atoms with Crippen molar-refractivity contribution in [2.24, 2.45) is 0 Å². The minimum absolute atomic E-state index is 0.0708. The van der Waals surface area contributed by atoms with Gasteiger partial charge in [-0.1, -0.05) is 39.0 Å². The highest BCUT2D eigenvalue weighted by atomic mass is 32.3. The van der Waals surface area contributed by atoms with Crippen molar-refractivity contribution in [1.82, 2.24) is 0 Å². The topological polar surface area (TPSA) is 123 Å². The summed E-state index contributed by atoms with van der Waals surface area (Å²) in [6, 6.07) is 0. The molecule has 0 atom stereocenters. The molecule has 0 spiro atoms. The zero-order valence-corrected chi connectivity index (χ0v) is 14.8. The molecule has 8 nitrogen and oxygen atoms in total. The first-order valence-electron chi connectivity index (χ1n) is 7.95. The summed E-state index contributed by atoms with van der Waals surface area (Å²) >= 11 is 0. The molecule has 0 aliphatic rings. The van der Waals surface area contributed by atoms with Gasteiger partial charge in [-0.15, -0.1) is 0 Å². The highest BCUT2D eigenvalue weighted by Crippen LogP contribution is 2.04. The number of rotatable bonds is 15. The van der Waals surface area contributed by atoms with E-state index in [4.69, 9.17) is 36.8 Å². The molecule has 0 radical (unpaired) electrons. The van der Waals surface area contributed by atoms with Gasteiger partial charge in [-0.2, -0.15) is 8.42 Å². The summed E-state index contributed by atoms with van der Waals surface area (Å²) < 4.78 is 47.4. The Hall–Kier alpha value is -0.290. The van der Waals surface area contributed by atoms with Crippen LogP contribution < -0.4 is 0 Å². The lowest BCUT2D eigenvalue weighted by molar-refractivity contribution is 0.00719. The molecule has 0 saturated carbocycles. The van der Waals surface area contributed by atoms with Gasteiger partial charge in [0, 0.05) is 6.61 Å². The summed E-state index contributed by atoms with van der Waals surface area (Å²) in [5.41, 5.74) is 0. The maximum absolute atomic E-state index is 8.74. The maximum atomic E-state index is 8.74. The Kier molecular flexibility index (Phi) is 21.4. The Labute approximate surface area is 139 Å². The van der Waals surface area contributed by atoms with E-state index in [1.54, 1.807) is 0 Å². The minimum Gasteiger partial charge on any atom is -0.394 e.